The van der Waals surface area contributed by atoms with Crippen LogP contribution in [0.5, 0.6) is 5.75 Å². The van der Waals surface area contributed by atoms with Crippen LogP contribution in [0.1, 0.15) is 24.8 Å². The average molecular weight is 515 g/mol. The van der Waals surface area contributed by atoms with Gasteiger partial charge < -0.3 is 20.5 Å². The SMILES string of the molecule is COc1cc(C)c(Cl)cc1NC(=O)Cn1c(=O)n(CC(=O)N[C@H]2CCC[C@@H]2O)c(=O)c2ccccc21. The molecule has 2 atom stereocenters. The van der Waals surface area contributed by atoms with Gasteiger partial charge in [-0.2, -0.15) is 0 Å². The molecule has 0 spiro atoms. The summed E-state index contributed by atoms with van der Waals surface area (Å²) in [6.07, 6.45) is 1.33. The number of amides is 2. The van der Waals surface area contributed by atoms with Crippen LogP contribution in [0.25, 0.3) is 10.9 Å². The Labute approximate surface area is 211 Å². The molecule has 1 aliphatic rings. The van der Waals surface area contributed by atoms with Crippen molar-refractivity contribution < 1.29 is 19.4 Å². The summed E-state index contributed by atoms with van der Waals surface area (Å²) in [6, 6.07) is 9.19. The summed E-state index contributed by atoms with van der Waals surface area (Å²) >= 11 is 6.19. The number of rotatable bonds is 7. The number of nitrogens with zero attached hydrogens (tertiary/aromatic N) is 2. The smallest absolute Gasteiger partial charge is 0.332 e. The summed E-state index contributed by atoms with van der Waals surface area (Å²) < 4.78 is 7.26. The Morgan fingerprint density at radius 2 is 1.83 bits per heavy atom. The lowest BCUT2D eigenvalue weighted by molar-refractivity contribution is -0.123. The molecule has 1 heterocycles. The lowest BCUT2D eigenvalue weighted by Gasteiger charge is -2.18. The van der Waals surface area contributed by atoms with Crippen molar-refractivity contribution in [3.8, 4) is 5.75 Å². The highest BCUT2D eigenvalue weighted by Crippen LogP contribution is 2.30. The summed E-state index contributed by atoms with van der Waals surface area (Å²) in [5.41, 5.74) is -0.0758. The number of ether oxygens (including phenoxy) is 1. The quantitative estimate of drug-likeness (QED) is 0.440. The Morgan fingerprint density at radius 1 is 1.11 bits per heavy atom. The Kier molecular flexibility index (Phi) is 7.46. The molecule has 2 amide bonds. The molecule has 36 heavy (non-hydrogen) atoms. The van der Waals surface area contributed by atoms with Gasteiger partial charge in [0, 0.05) is 5.02 Å². The van der Waals surface area contributed by atoms with E-state index in [4.69, 9.17) is 16.3 Å². The number of methoxy groups -OCH3 is 1. The van der Waals surface area contributed by atoms with E-state index in [0.717, 1.165) is 21.1 Å². The van der Waals surface area contributed by atoms with E-state index < -0.39 is 48.3 Å². The van der Waals surface area contributed by atoms with Crippen LogP contribution in [-0.4, -0.2) is 45.3 Å². The Bertz CT molecular complexity index is 1450. The van der Waals surface area contributed by atoms with Crippen LogP contribution < -0.4 is 26.6 Å². The summed E-state index contributed by atoms with van der Waals surface area (Å²) in [6.45, 7) is 0.848. The minimum atomic E-state index is -0.801. The highest BCUT2D eigenvalue weighted by Gasteiger charge is 2.27. The standard InChI is InChI=1S/C25H27ClN4O6/c1-14-10-21(36-2)18(11-16(14)26)28-22(32)12-29-19-8-4-3-6-15(19)24(34)30(25(29)35)13-23(33)27-17-7-5-9-20(17)31/h3-4,6,8,10-11,17,20,31H,5,7,9,12-13H2,1-2H3,(H,27,33)(H,28,32)/t17-,20-/m0/s1. The molecule has 0 unspecified atom stereocenters. The summed E-state index contributed by atoms with van der Waals surface area (Å²) in [5, 5.41) is 16.0. The Balaban J connectivity index is 1.65. The van der Waals surface area contributed by atoms with Crippen molar-refractivity contribution in [1.29, 1.82) is 0 Å². The van der Waals surface area contributed by atoms with Crippen LogP contribution in [-0.2, 0) is 22.7 Å². The summed E-state index contributed by atoms with van der Waals surface area (Å²) in [7, 11) is 1.46. The number of hydrogen-bond donors (Lipinski definition) is 3. The number of nitrogens with one attached hydrogen (secondary N) is 2. The van der Waals surface area contributed by atoms with Crippen molar-refractivity contribution in [3.05, 3.63) is 67.8 Å². The van der Waals surface area contributed by atoms with Gasteiger partial charge in [-0.15, -0.1) is 0 Å². The molecule has 3 N–H and O–H groups in total. The number of para-hydroxylation sites is 1. The molecular weight excluding hydrogens is 488 g/mol. The number of aliphatic hydroxyl groups excluding tert-OH is 1. The zero-order valence-electron chi connectivity index (χ0n) is 19.9. The van der Waals surface area contributed by atoms with Gasteiger partial charge >= 0.3 is 5.69 Å². The van der Waals surface area contributed by atoms with E-state index in [1.165, 1.54) is 13.2 Å². The normalized spacial score (nSPS) is 17.2. The van der Waals surface area contributed by atoms with Crippen molar-refractivity contribution in [2.45, 2.75) is 51.4 Å². The molecule has 11 heteroatoms. The van der Waals surface area contributed by atoms with Crippen LogP contribution in [0.3, 0.4) is 0 Å². The topological polar surface area (TPSA) is 132 Å². The molecule has 10 nitrogen and oxygen atoms in total. The predicted molar refractivity (Wildman–Crippen MR) is 136 cm³/mol. The minimum Gasteiger partial charge on any atom is -0.495 e. The minimum absolute atomic E-state index is 0.189. The van der Waals surface area contributed by atoms with Crippen LogP contribution in [0.4, 0.5) is 5.69 Å². The first-order valence-corrected chi connectivity index (χ1v) is 11.9. The largest absolute Gasteiger partial charge is 0.495 e. The van der Waals surface area contributed by atoms with E-state index in [1.807, 2.05) is 0 Å². The average Bonchev–Trinajstić information content (AvgIpc) is 3.25. The second kappa shape index (κ2) is 10.5. The van der Waals surface area contributed by atoms with Crippen LogP contribution in [0.15, 0.2) is 46.0 Å². The molecule has 1 saturated carbocycles. The number of aliphatic hydroxyl groups is 1. The van der Waals surface area contributed by atoms with E-state index in [2.05, 4.69) is 10.6 Å². The zero-order chi connectivity index (χ0) is 26.0. The van der Waals surface area contributed by atoms with Crippen LogP contribution >= 0.6 is 11.6 Å². The van der Waals surface area contributed by atoms with Crippen molar-refractivity contribution in [2.24, 2.45) is 0 Å². The van der Waals surface area contributed by atoms with E-state index >= 15 is 0 Å². The zero-order valence-corrected chi connectivity index (χ0v) is 20.7. The van der Waals surface area contributed by atoms with Crippen LogP contribution in [0, 0.1) is 6.92 Å². The molecule has 1 fully saturated rings. The molecule has 1 aliphatic carbocycles. The van der Waals surface area contributed by atoms with Gasteiger partial charge in [-0.1, -0.05) is 23.7 Å². The molecule has 0 bridgehead atoms. The number of hydrogen-bond acceptors (Lipinski definition) is 6. The van der Waals surface area contributed by atoms with Crippen molar-refractivity contribution in [3.63, 3.8) is 0 Å². The van der Waals surface area contributed by atoms with Crippen molar-refractivity contribution in [1.82, 2.24) is 14.5 Å². The number of anilines is 1. The second-order valence-electron chi connectivity index (χ2n) is 8.80. The van der Waals surface area contributed by atoms with Gasteiger partial charge in [-0.05, 0) is 56.0 Å². The van der Waals surface area contributed by atoms with E-state index in [-0.39, 0.29) is 10.9 Å². The van der Waals surface area contributed by atoms with E-state index in [0.29, 0.717) is 29.3 Å². The lowest BCUT2D eigenvalue weighted by Crippen LogP contribution is -2.47. The maximum absolute atomic E-state index is 13.3. The van der Waals surface area contributed by atoms with Gasteiger partial charge in [-0.25, -0.2) is 4.79 Å². The van der Waals surface area contributed by atoms with Gasteiger partial charge in [0.1, 0.15) is 18.8 Å². The van der Waals surface area contributed by atoms with Gasteiger partial charge in [-0.3, -0.25) is 23.5 Å². The van der Waals surface area contributed by atoms with Gasteiger partial charge in [0.25, 0.3) is 5.56 Å². The number of benzene rings is 2. The van der Waals surface area contributed by atoms with Gasteiger partial charge in [0.2, 0.25) is 11.8 Å². The molecule has 0 radical (unpaired) electrons. The third-order valence-corrected chi connectivity index (χ3v) is 6.72. The lowest BCUT2D eigenvalue weighted by atomic mass is 10.2. The van der Waals surface area contributed by atoms with Crippen molar-refractivity contribution in [2.75, 3.05) is 12.4 Å². The number of halogens is 1. The molecule has 2 aromatic carbocycles. The fourth-order valence-electron chi connectivity index (χ4n) is 4.42. The van der Waals surface area contributed by atoms with Crippen molar-refractivity contribution >= 4 is 40.0 Å². The highest BCUT2D eigenvalue weighted by molar-refractivity contribution is 6.31. The first-order chi connectivity index (χ1) is 17.2. The maximum atomic E-state index is 13.3. The second-order valence-corrected chi connectivity index (χ2v) is 9.21. The molecule has 0 aliphatic heterocycles. The predicted octanol–water partition coefficient (Wildman–Crippen LogP) is 1.80. The number of aryl methyl sites for hydroxylation is 1. The number of carbonyl (C=O) groups is 2. The molecule has 190 valence electrons. The number of carbonyl (C=O) groups excluding carboxylic acids is 2. The fourth-order valence-corrected chi connectivity index (χ4v) is 4.59. The fraction of sp³-hybridized carbons (Fsp3) is 0.360. The first-order valence-electron chi connectivity index (χ1n) is 11.5. The monoisotopic (exact) mass is 514 g/mol. The third kappa shape index (κ3) is 5.14. The molecule has 1 aromatic heterocycles. The number of aromatic nitrogens is 2. The highest BCUT2D eigenvalue weighted by atomic mass is 35.5. The first kappa shape index (κ1) is 25.5. The summed E-state index contributed by atoms with van der Waals surface area (Å²) in [4.78, 5) is 52.0. The Hall–Kier alpha value is -3.63. The molecule has 4 rings (SSSR count). The van der Waals surface area contributed by atoms with Gasteiger partial charge in [0.05, 0.1) is 35.8 Å². The molecule has 0 saturated heterocycles. The van der Waals surface area contributed by atoms with Gasteiger partial charge in [0.15, 0.2) is 0 Å². The van der Waals surface area contributed by atoms with E-state index in [9.17, 15) is 24.3 Å². The molecular formula is C25H27ClN4O6. The molecule has 3 aromatic rings. The summed E-state index contributed by atoms with van der Waals surface area (Å²) in [5.74, 6) is -0.715. The van der Waals surface area contributed by atoms with E-state index in [1.54, 1.807) is 37.3 Å². The Morgan fingerprint density at radius 3 is 2.53 bits per heavy atom. The third-order valence-electron chi connectivity index (χ3n) is 6.32. The number of fused-ring (bicyclic) bond motifs is 1. The maximum Gasteiger partial charge on any atom is 0.332 e. The van der Waals surface area contributed by atoms with Crippen LogP contribution in [0.2, 0.25) is 5.02 Å².